The average Bonchev–Trinajstić information content (AvgIpc) is 2.17. The third-order valence-corrected chi connectivity index (χ3v) is 1.63. The standard InChI is InChI=1S/C8H9N3O2/c9-5-8(10)6-1-3-7(4-2-6)11(12)13/h1-4,10H,5,9H2. The maximum Gasteiger partial charge on any atom is 0.269 e. The maximum absolute atomic E-state index is 10.3. The molecule has 68 valence electrons. The lowest BCUT2D eigenvalue weighted by atomic mass is 10.1. The van der Waals surface area contributed by atoms with Gasteiger partial charge in [-0.25, -0.2) is 0 Å². The summed E-state index contributed by atoms with van der Waals surface area (Å²) >= 11 is 0. The summed E-state index contributed by atoms with van der Waals surface area (Å²) in [6.07, 6.45) is 0. The molecule has 0 unspecified atom stereocenters. The van der Waals surface area contributed by atoms with E-state index >= 15 is 0 Å². The number of hydrogen-bond donors (Lipinski definition) is 2. The molecule has 1 aromatic rings. The molecule has 1 aromatic carbocycles. The zero-order chi connectivity index (χ0) is 9.84. The summed E-state index contributed by atoms with van der Waals surface area (Å²) < 4.78 is 0. The first-order valence-electron chi connectivity index (χ1n) is 3.67. The molecule has 0 aromatic heterocycles. The Morgan fingerprint density at radius 1 is 1.46 bits per heavy atom. The summed E-state index contributed by atoms with van der Waals surface area (Å²) in [5.74, 6) is 0. The molecule has 0 spiro atoms. The molecule has 0 aliphatic carbocycles. The van der Waals surface area contributed by atoms with Gasteiger partial charge in [-0.15, -0.1) is 0 Å². The van der Waals surface area contributed by atoms with Gasteiger partial charge in [0.2, 0.25) is 0 Å². The van der Waals surface area contributed by atoms with Gasteiger partial charge in [0, 0.05) is 18.7 Å². The Morgan fingerprint density at radius 2 is 2.00 bits per heavy atom. The Labute approximate surface area is 74.8 Å². The minimum Gasteiger partial charge on any atom is -0.325 e. The van der Waals surface area contributed by atoms with Crippen molar-refractivity contribution in [3.8, 4) is 0 Å². The van der Waals surface area contributed by atoms with E-state index in [-0.39, 0.29) is 17.9 Å². The molecule has 0 fully saturated rings. The van der Waals surface area contributed by atoms with Crippen molar-refractivity contribution in [2.45, 2.75) is 0 Å². The van der Waals surface area contributed by atoms with Crippen molar-refractivity contribution < 1.29 is 4.92 Å². The minimum absolute atomic E-state index is 0.0218. The van der Waals surface area contributed by atoms with Gasteiger partial charge in [-0.3, -0.25) is 10.1 Å². The lowest BCUT2D eigenvalue weighted by Gasteiger charge is -1.99. The fourth-order valence-corrected chi connectivity index (χ4v) is 0.902. The number of nitrogens with zero attached hydrogens (tertiary/aromatic N) is 1. The van der Waals surface area contributed by atoms with E-state index in [2.05, 4.69) is 0 Å². The van der Waals surface area contributed by atoms with Gasteiger partial charge >= 0.3 is 0 Å². The maximum atomic E-state index is 10.3. The average molecular weight is 179 g/mol. The van der Waals surface area contributed by atoms with Crippen LogP contribution in [0, 0.1) is 15.5 Å². The SMILES string of the molecule is N=C(CN)c1ccc([N+](=O)[O-])cc1. The van der Waals surface area contributed by atoms with E-state index in [1.165, 1.54) is 24.3 Å². The molecule has 5 heteroatoms. The van der Waals surface area contributed by atoms with Crippen LogP contribution in [0.25, 0.3) is 0 Å². The summed E-state index contributed by atoms with van der Waals surface area (Å²) in [5, 5.41) is 17.6. The molecule has 0 saturated heterocycles. The topological polar surface area (TPSA) is 93.0 Å². The van der Waals surface area contributed by atoms with Crippen molar-refractivity contribution in [1.29, 1.82) is 5.41 Å². The number of nitrogens with two attached hydrogens (primary N) is 1. The lowest BCUT2D eigenvalue weighted by molar-refractivity contribution is -0.384. The van der Waals surface area contributed by atoms with Gasteiger partial charge in [-0.05, 0) is 17.7 Å². The number of nitro benzene ring substituents is 1. The Kier molecular flexibility index (Phi) is 2.71. The first kappa shape index (κ1) is 9.34. The summed E-state index contributed by atoms with van der Waals surface area (Å²) in [5.41, 5.74) is 6.16. The Morgan fingerprint density at radius 3 is 2.38 bits per heavy atom. The van der Waals surface area contributed by atoms with Crippen molar-refractivity contribution in [1.82, 2.24) is 0 Å². The minimum atomic E-state index is -0.476. The number of nitro groups is 1. The Bertz CT molecular complexity index is 332. The van der Waals surface area contributed by atoms with Crippen LogP contribution in [-0.2, 0) is 0 Å². The smallest absolute Gasteiger partial charge is 0.269 e. The molecule has 0 heterocycles. The zero-order valence-electron chi connectivity index (χ0n) is 6.86. The molecule has 13 heavy (non-hydrogen) atoms. The molecule has 0 aliphatic rings. The first-order valence-corrected chi connectivity index (χ1v) is 3.67. The molecule has 0 saturated carbocycles. The lowest BCUT2D eigenvalue weighted by Crippen LogP contribution is -2.13. The summed E-state index contributed by atoms with van der Waals surface area (Å²) in [7, 11) is 0. The highest BCUT2D eigenvalue weighted by atomic mass is 16.6. The number of rotatable bonds is 3. The second-order valence-electron chi connectivity index (χ2n) is 2.49. The number of hydrogen-bond acceptors (Lipinski definition) is 4. The van der Waals surface area contributed by atoms with Gasteiger partial charge in [-0.1, -0.05) is 0 Å². The Hall–Kier alpha value is -1.75. The monoisotopic (exact) mass is 179 g/mol. The number of benzene rings is 1. The highest BCUT2D eigenvalue weighted by molar-refractivity contribution is 5.99. The van der Waals surface area contributed by atoms with Crippen molar-refractivity contribution in [2.24, 2.45) is 5.73 Å². The van der Waals surface area contributed by atoms with E-state index in [9.17, 15) is 10.1 Å². The molecule has 0 aliphatic heterocycles. The van der Waals surface area contributed by atoms with E-state index in [1.807, 2.05) is 0 Å². The van der Waals surface area contributed by atoms with Crippen LogP contribution < -0.4 is 5.73 Å². The van der Waals surface area contributed by atoms with Crippen molar-refractivity contribution in [2.75, 3.05) is 6.54 Å². The van der Waals surface area contributed by atoms with E-state index < -0.39 is 4.92 Å². The van der Waals surface area contributed by atoms with Gasteiger partial charge in [0.1, 0.15) is 0 Å². The van der Waals surface area contributed by atoms with Gasteiger partial charge in [0.25, 0.3) is 5.69 Å². The molecule has 3 N–H and O–H groups in total. The summed E-state index contributed by atoms with van der Waals surface area (Å²) in [6.45, 7) is 0.137. The third kappa shape index (κ3) is 2.09. The molecule has 0 radical (unpaired) electrons. The van der Waals surface area contributed by atoms with E-state index in [0.717, 1.165) is 0 Å². The van der Waals surface area contributed by atoms with Gasteiger partial charge in [0.05, 0.1) is 10.6 Å². The van der Waals surface area contributed by atoms with Crippen LogP contribution in [0.3, 0.4) is 0 Å². The van der Waals surface area contributed by atoms with Gasteiger partial charge in [-0.2, -0.15) is 0 Å². The summed E-state index contributed by atoms with van der Waals surface area (Å²) in [6, 6.07) is 5.76. The van der Waals surface area contributed by atoms with Crippen molar-refractivity contribution in [3.63, 3.8) is 0 Å². The molecule has 0 bridgehead atoms. The van der Waals surface area contributed by atoms with Crippen molar-refractivity contribution >= 4 is 11.4 Å². The molecular formula is C8H9N3O2. The molecule has 5 nitrogen and oxygen atoms in total. The third-order valence-electron chi connectivity index (χ3n) is 1.63. The van der Waals surface area contributed by atoms with Crippen LogP contribution in [0.15, 0.2) is 24.3 Å². The van der Waals surface area contributed by atoms with Crippen LogP contribution >= 0.6 is 0 Å². The fourth-order valence-electron chi connectivity index (χ4n) is 0.902. The van der Waals surface area contributed by atoms with E-state index in [4.69, 9.17) is 11.1 Å². The highest BCUT2D eigenvalue weighted by Crippen LogP contribution is 2.11. The highest BCUT2D eigenvalue weighted by Gasteiger charge is 2.05. The number of nitrogens with one attached hydrogen (secondary N) is 1. The van der Waals surface area contributed by atoms with Crippen LogP contribution in [0.2, 0.25) is 0 Å². The second kappa shape index (κ2) is 3.77. The Balaban J connectivity index is 2.93. The molecular weight excluding hydrogens is 170 g/mol. The number of non-ortho nitro benzene ring substituents is 1. The van der Waals surface area contributed by atoms with Crippen LogP contribution in [0.1, 0.15) is 5.56 Å². The largest absolute Gasteiger partial charge is 0.325 e. The predicted octanol–water partition coefficient (Wildman–Crippen LogP) is 0.921. The molecule has 0 atom stereocenters. The van der Waals surface area contributed by atoms with Crippen LogP contribution in [0.5, 0.6) is 0 Å². The predicted molar refractivity (Wildman–Crippen MR) is 49.0 cm³/mol. The second-order valence-corrected chi connectivity index (χ2v) is 2.49. The van der Waals surface area contributed by atoms with Gasteiger partial charge in [0.15, 0.2) is 0 Å². The summed E-state index contributed by atoms with van der Waals surface area (Å²) in [4.78, 5) is 9.80. The molecule has 1 rings (SSSR count). The first-order chi connectivity index (χ1) is 6.15. The molecule has 0 amide bonds. The quantitative estimate of drug-likeness (QED) is 0.410. The van der Waals surface area contributed by atoms with Crippen LogP contribution in [-0.4, -0.2) is 17.2 Å². The van der Waals surface area contributed by atoms with E-state index in [0.29, 0.717) is 5.56 Å². The fraction of sp³-hybridized carbons (Fsp3) is 0.125. The van der Waals surface area contributed by atoms with Crippen molar-refractivity contribution in [3.05, 3.63) is 39.9 Å². The zero-order valence-corrected chi connectivity index (χ0v) is 6.86. The van der Waals surface area contributed by atoms with E-state index in [1.54, 1.807) is 0 Å². The van der Waals surface area contributed by atoms with Crippen LogP contribution in [0.4, 0.5) is 5.69 Å². The van der Waals surface area contributed by atoms with Gasteiger partial charge < -0.3 is 11.1 Å². The normalized spacial score (nSPS) is 9.62.